The molecule has 57 heavy (non-hydrogen) atoms. The van der Waals surface area contributed by atoms with Crippen LogP contribution in [0, 0.1) is 22.6 Å². The standard InChI is InChI=1S/C43H53F2N7O4S/c1-5-23(3)33(35-29(13-46)40(47)57-39(35)32(44)6-2)34-30-19-55-20-31(30)36-38(37(34)45)48-42(49-41(36)52-25-7-8-26(52)16-50(15-25)14-24(4)53)56-22-43(11-12-43)21-51-27-9-10-28(51)18-54-17-27/h6,24-28,53H,5,7-12,14-22,47H2,1-4H3/b32-6+,33-23?. The lowest BCUT2D eigenvalue weighted by Gasteiger charge is -2.42. The minimum absolute atomic E-state index is 0.0221. The van der Waals surface area contributed by atoms with Gasteiger partial charge in [-0.3, -0.25) is 9.80 Å². The van der Waals surface area contributed by atoms with Crippen molar-refractivity contribution in [1.29, 1.82) is 5.26 Å². The summed E-state index contributed by atoms with van der Waals surface area (Å²) in [5, 5.41) is 21.4. The van der Waals surface area contributed by atoms with Crippen LogP contribution in [0.2, 0.25) is 0 Å². The first-order valence-electron chi connectivity index (χ1n) is 20.7. The molecule has 5 aliphatic heterocycles. The number of fused-ring (bicyclic) bond motifs is 7. The van der Waals surface area contributed by atoms with Gasteiger partial charge in [-0.05, 0) is 82.4 Å². The van der Waals surface area contributed by atoms with Crippen LogP contribution in [0.4, 0.5) is 19.6 Å². The molecule has 0 amide bonds. The number of allylic oxidation sites excluding steroid dienone is 2. The predicted octanol–water partition coefficient (Wildman–Crippen LogP) is 6.93. The largest absolute Gasteiger partial charge is 0.463 e. The molecule has 7 heterocycles. The summed E-state index contributed by atoms with van der Waals surface area (Å²) in [5.41, 5.74) is 9.86. The van der Waals surface area contributed by atoms with Gasteiger partial charge in [-0.15, -0.1) is 11.3 Å². The number of benzene rings is 1. The monoisotopic (exact) mass is 801 g/mol. The molecule has 0 spiro atoms. The topological polar surface area (TPSA) is 133 Å². The number of aliphatic hydroxyl groups excluding tert-OH is 1. The number of nitrogen functional groups attached to an aromatic ring is 1. The van der Waals surface area contributed by atoms with Gasteiger partial charge in [0.15, 0.2) is 5.82 Å². The molecule has 9 rings (SSSR count). The molecule has 5 fully saturated rings. The minimum atomic E-state index is -0.572. The van der Waals surface area contributed by atoms with Gasteiger partial charge in [0.2, 0.25) is 0 Å². The van der Waals surface area contributed by atoms with Gasteiger partial charge >= 0.3 is 6.01 Å². The number of thiophene rings is 1. The third kappa shape index (κ3) is 6.72. The van der Waals surface area contributed by atoms with E-state index in [9.17, 15) is 10.4 Å². The Hall–Kier alpha value is -3.71. The van der Waals surface area contributed by atoms with Crippen LogP contribution in [-0.4, -0.2) is 101 Å². The maximum Gasteiger partial charge on any atom is 0.319 e. The summed E-state index contributed by atoms with van der Waals surface area (Å²) < 4.78 is 52.5. The van der Waals surface area contributed by atoms with Gasteiger partial charge in [-0.25, -0.2) is 8.78 Å². The molecule has 14 heteroatoms. The van der Waals surface area contributed by atoms with E-state index >= 15 is 8.78 Å². The van der Waals surface area contributed by atoms with Crippen LogP contribution in [0.15, 0.2) is 11.6 Å². The van der Waals surface area contributed by atoms with E-state index in [0.717, 1.165) is 93.8 Å². The molecule has 1 aliphatic carbocycles. The first kappa shape index (κ1) is 38.8. The first-order valence-corrected chi connectivity index (χ1v) is 21.5. The molecule has 11 nitrogen and oxygen atoms in total. The summed E-state index contributed by atoms with van der Waals surface area (Å²) >= 11 is 1.000. The van der Waals surface area contributed by atoms with Crippen molar-refractivity contribution >= 4 is 44.5 Å². The fourth-order valence-corrected chi connectivity index (χ4v) is 11.3. The number of hydrogen-bond acceptors (Lipinski definition) is 12. The molecule has 1 saturated carbocycles. The lowest BCUT2D eigenvalue weighted by Crippen LogP contribution is -2.55. The van der Waals surface area contributed by atoms with Gasteiger partial charge in [0, 0.05) is 66.9 Å². The highest BCUT2D eigenvalue weighted by Crippen LogP contribution is 2.51. The Bertz CT molecular complexity index is 2170. The molecule has 3 N–H and O–H groups in total. The summed E-state index contributed by atoms with van der Waals surface area (Å²) in [6, 6.07) is 3.45. The van der Waals surface area contributed by atoms with Crippen LogP contribution in [0.25, 0.3) is 22.3 Å². The normalized spacial score (nSPS) is 26.5. The van der Waals surface area contributed by atoms with Gasteiger partial charge in [-0.2, -0.15) is 15.2 Å². The molecule has 3 aromatic rings. The Labute approximate surface area is 337 Å². The number of β-amino-alcohol motifs (C(OH)–C–C–N with tert-alkyl or cyclic N) is 1. The Balaban J connectivity index is 1.20. The number of aromatic nitrogens is 2. The average molecular weight is 802 g/mol. The molecule has 4 saturated heterocycles. The van der Waals surface area contributed by atoms with Crippen LogP contribution in [0.1, 0.15) is 105 Å². The van der Waals surface area contributed by atoms with Crippen LogP contribution < -0.4 is 15.4 Å². The first-order chi connectivity index (χ1) is 27.5. The number of rotatable bonds is 12. The van der Waals surface area contributed by atoms with E-state index in [4.69, 9.17) is 29.9 Å². The van der Waals surface area contributed by atoms with Crippen molar-refractivity contribution in [2.75, 3.05) is 56.6 Å². The summed E-state index contributed by atoms with van der Waals surface area (Å²) in [6.07, 6.45) is 7.73. The smallest absolute Gasteiger partial charge is 0.319 e. The van der Waals surface area contributed by atoms with Crippen molar-refractivity contribution in [3.8, 4) is 12.1 Å². The fraction of sp³-hybridized carbons (Fsp3) is 0.605. The quantitative estimate of drug-likeness (QED) is 0.198. The molecule has 4 bridgehead atoms. The van der Waals surface area contributed by atoms with E-state index in [2.05, 4.69) is 20.8 Å². The lowest BCUT2D eigenvalue weighted by molar-refractivity contribution is -0.0271. The van der Waals surface area contributed by atoms with Gasteiger partial charge in [-0.1, -0.05) is 18.6 Å². The molecule has 2 aromatic heterocycles. The highest BCUT2D eigenvalue weighted by Gasteiger charge is 2.50. The lowest BCUT2D eigenvalue weighted by atomic mass is 9.84. The van der Waals surface area contributed by atoms with Crippen molar-refractivity contribution in [3.63, 3.8) is 0 Å². The van der Waals surface area contributed by atoms with Gasteiger partial charge in [0.1, 0.15) is 28.2 Å². The number of halogens is 2. The van der Waals surface area contributed by atoms with Crippen molar-refractivity contribution in [3.05, 3.63) is 50.2 Å². The van der Waals surface area contributed by atoms with E-state index in [-0.39, 0.29) is 63.2 Å². The number of hydrogen-bond donors (Lipinski definition) is 2. The maximum absolute atomic E-state index is 18.1. The second-order valence-corrected chi connectivity index (χ2v) is 18.3. The van der Waals surface area contributed by atoms with Crippen molar-refractivity contribution in [2.45, 2.75) is 116 Å². The van der Waals surface area contributed by atoms with Crippen LogP contribution >= 0.6 is 11.3 Å². The van der Waals surface area contributed by atoms with Gasteiger partial charge in [0.05, 0.1) is 55.0 Å². The highest BCUT2D eigenvalue weighted by atomic mass is 32.1. The van der Waals surface area contributed by atoms with Crippen molar-refractivity contribution < 1.29 is 28.1 Å². The van der Waals surface area contributed by atoms with E-state index in [1.54, 1.807) is 6.92 Å². The summed E-state index contributed by atoms with van der Waals surface area (Å²) in [4.78, 5) is 17.6. The second kappa shape index (κ2) is 15.1. The van der Waals surface area contributed by atoms with Gasteiger partial charge in [0.25, 0.3) is 0 Å². The van der Waals surface area contributed by atoms with E-state index in [1.807, 2.05) is 20.8 Å². The van der Waals surface area contributed by atoms with Gasteiger partial charge < -0.3 is 30.0 Å². The van der Waals surface area contributed by atoms with Crippen LogP contribution in [0.3, 0.4) is 0 Å². The molecule has 5 unspecified atom stereocenters. The van der Waals surface area contributed by atoms with Crippen molar-refractivity contribution in [2.24, 2.45) is 5.41 Å². The Morgan fingerprint density at radius 3 is 2.40 bits per heavy atom. The zero-order valence-corrected chi connectivity index (χ0v) is 34.2. The van der Waals surface area contributed by atoms with E-state index in [0.29, 0.717) is 59.6 Å². The molecule has 6 aliphatic rings. The molecular weight excluding hydrogens is 749 g/mol. The second-order valence-electron chi connectivity index (χ2n) is 17.2. The fourth-order valence-electron chi connectivity index (χ4n) is 10.3. The third-order valence-corrected chi connectivity index (χ3v) is 14.5. The van der Waals surface area contributed by atoms with E-state index in [1.165, 1.54) is 6.08 Å². The zero-order valence-electron chi connectivity index (χ0n) is 33.4. The number of nitrogens with two attached hydrogens (primary N) is 1. The molecular formula is C43H53F2N7O4S. The summed E-state index contributed by atoms with van der Waals surface area (Å²) in [6.45, 7) is 12.7. The number of likely N-dealkylation sites (tertiary alicyclic amines) is 1. The van der Waals surface area contributed by atoms with Crippen LogP contribution in [0.5, 0.6) is 6.01 Å². The Morgan fingerprint density at radius 1 is 1.09 bits per heavy atom. The number of nitriles is 1. The highest BCUT2D eigenvalue weighted by molar-refractivity contribution is 7.17. The number of ether oxygens (including phenoxy) is 3. The zero-order chi connectivity index (χ0) is 39.7. The third-order valence-electron chi connectivity index (χ3n) is 13.4. The Morgan fingerprint density at radius 2 is 1.77 bits per heavy atom. The maximum atomic E-state index is 18.1. The SMILES string of the molecule is C/C=C(/F)c1sc(N)c(C#N)c1C(=C(C)CC)c1c2c(c3c(N4C5CCC4CN(CC(C)O)C5)nc(OCC4(CN5C6CCC5COC6)CC4)nc3c1F)COC2. The number of morpholine rings is 1. The molecule has 304 valence electrons. The minimum Gasteiger partial charge on any atom is -0.463 e. The van der Waals surface area contributed by atoms with Crippen LogP contribution in [-0.2, 0) is 22.7 Å². The average Bonchev–Trinajstić information content (AvgIpc) is 3.36. The van der Waals surface area contributed by atoms with E-state index < -0.39 is 17.7 Å². The number of anilines is 2. The van der Waals surface area contributed by atoms with Crippen molar-refractivity contribution in [1.82, 2.24) is 19.8 Å². The molecule has 5 atom stereocenters. The summed E-state index contributed by atoms with van der Waals surface area (Å²) in [5.74, 6) is -0.446. The number of aliphatic hydroxyl groups is 1. The number of piperazine rings is 1. The number of nitrogens with zero attached hydrogens (tertiary/aromatic N) is 6. The summed E-state index contributed by atoms with van der Waals surface area (Å²) in [7, 11) is 0. The predicted molar refractivity (Wildman–Crippen MR) is 217 cm³/mol. The molecule has 0 radical (unpaired) electrons. The molecule has 1 aromatic carbocycles. The Kier molecular flexibility index (Phi) is 10.3.